The smallest absolute Gasteiger partial charge is 0.306 e. The van der Waals surface area contributed by atoms with Crippen molar-refractivity contribution in [1.82, 2.24) is 30.2 Å². The van der Waals surface area contributed by atoms with Crippen LogP contribution in [0.25, 0.3) is 22.5 Å². The summed E-state index contributed by atoms with van der Waals surface area (Å²) in [4.78, 5) is 32.3. The molecule has 2 heterocycles. The number of hydrogen-bond donors (Lipinski definition) is 1. The molecule has 2 aromatic carbocycles. The van der Waals surface area contributed by atoms with Crippen molar-refractivity contribution in [3.8, 4) is 22.5 Å². The summed E-state index contributed by atoms with van der Waals surface area (Å²) in [5.74, 6) is 1.02. The minimum absolute atomic E-state index is 0.0178. The number of nitrogens with zero attached hydrogens (tertiary/aromatic N) is 6. The van der Waals surface area contributed by atoms with E-state index in [4.69, 9.17) is 16.3 Å². The standard InChI is InChI=1S/C29H34ClN7O5/c1-3-5-12-26-31-28(30)25(19-41-27(38)13-8-9-22(4-2)42-37(39)40)36(26)18-20-14-16-21(17-15-20)23-10-6-7-11-24(23)29-32-34-35-33-29/h6-7,10-11,14-17,22H,3-5,8-9,12-13,18-19H2,1-2H3,(H,32,33,34,35)/t22-/m0/s1. The molecule has 0 saturated carbocycles. The molecule has 0 unspecified atom stereocenters. The van der Waals surface area contributed by atoms with Gasteiger partial charge >= 0.3 is 5.97 Å². The first kappa shape index (κ1) is 30.6. The Morgan fingerprint density at radius 3 is 2.55 bits per heavy atom. The van der Waals surface area contributed by atoms with Crippen LogP contribution in [0.2, 0.25) is 5.15 Å². The van der Waals surface area contributed by atoms with E-state index in [2.05, 4.69) is 49.5 Å². The second kappa shape index (κ2) is 15.1. The van der Waals surface area contributed by atoms with Crippen LogP contribution in [-0.2, 0) is 33.9 Å². The van der Waals surface area contributed by atoms with Gasteiger partial charge in [0.1, 0.15) is 18.5 Å². The van der Waals surface area contributed by atoms with E-state index in [9.17, 15) is 14.9 Å². The van der Waals surface area contributed by atoms with E-state index in [1.54, 1.807) is 6.92 Å². The zero-order valence-corrected chi connectivity index (χ0v) is 24.4. The Hall–Kier alpha value is -4.32. The van der Waals surface area contributed by atoms with Crippen LogP contribution in [0, 0.1) is 10.1 Å². The Morgan fingerprint density at radius 1 is 1.12 bits per heavy atom. The number of imidazole rings is 1. The highest BCUT2D eigenvalue weighted by atomic mass is 35.5. The molecular formula is C29H34ClN7O5. The molecule has 0 spiro atoms. The highest BCUT2D eigenvalue weighted by molar-refractivity contribution is 6.30. The monoisotopic (exact) mass is 595 g/mol. The lowest BCUT2D eigenvalue weighted by atomic mass is 9.98. The van der Waals surface area contributed by atoms with Crippen molar-refractivity contribution in [3.05, 3.63) is 80.9 Å². The fraction of sp³-hybridized carbons (Fsp3) is 0.414. The third kappa shape index (κ3) is 8.12. The van der Waals surface area contributed by atoms with Crippen molar-refractivity contribution in [3.63, 3.8) is 0 Å². The van der Waals surface area contributed by atoms with E-state index >= 15 is 0 Å². The zero-order valence-electron chi connectivity index (χ0n) is 23.7. The van der Waals surface area contributed by atoms with E-state index in [1.165, 1.54) is 0 Å². The largest absolute Gasteiger partial charge is 0.459 e. The SMILES string of the molecule is CCCCc1nc(Cl)c(COC(=O)CCC[C@H](CC)O[N+](=O)[O-])n1Cc1ccc(-c2ccccc2-c2nnn[nH]2)cc1. The van der Waals surface area contributed by atoms with E-state index in [0.717, 1.165) is 47.3 Å². The van der Waals surface area contributed by atoms with Crippen LogP contribution in [0.5, 0.6) is 0 Å². The van der Waals surface area contributed by atoms with Gasteiger partial charge in [0, 0.05) is 24.9 Å². The maximum Gasteiger partial charge on any atom is 0.306 e. The van der Waals surface area contributed by atoms with Gasteiger partial charge in [0.2, 0.25) is 0 Å². The van der Waals surface area contributed by atoms with Crippen molar-refractivity contribution in [2.45, 2.75) is 78.0 Å². The minimum Gasteiger partial charge on any atom is -0.459 e. The van der Waals surface area contributed by atoms with Gasteiger partial charge in [-0.3, -0.25) is 4.79 Å². The highest BCUT2D eigenvalue weighted by Gasteiger charge is 2.19. The number of aromatic nitrogens is 6. The summed E-state index contributed by atoms with van der Waals surface area (Å²) in [5, 5.41) is 24.4. The summed E-state index contributed by atoms with van der Waals surface area (Å²) in [5.41, 5.74) is 4.58. The Morgan fingerprint density at radius 2 is 1.88 bits per heavy atom. The first-order valence-electron chi connectivity index (χ1n) is 14.0. The number of ether oxygens (including phenoxy) is 1. The molecule has 1 N–H and O–H groups in total. The maximum atomic E-state index is 12.5. The molecule has 12 nitrogen and oxygen atoms in total. The predicted octanol–water partition coefficient (Wildman–Crippen LogP) is 5.97. The first-order valence-corrected chi connectivity index (χ1v) is 14.4. The van der Waals surface area contributed by atoms with Crippen molar-refractivity contribution in [2.75, 3.05) is 0 Å². The van der Waals surface area contributed by atoms with Crippen LogP contribution < -0.4 is 0 Å². The molecule has 1 atom stereocenters. The Kier molecular flexibility index (Phi) is 11.0. The Bertz CT molecular complexity index is 1460. The summed E-state index contributed by atoms with van der Waals surface area (Å²) >= 11 is 6.54. The number of H-pyrrole nitrogens is 1. The van der Waals surface area contributed by atoms with Gasteiger partial charge in [-0.1, -0.05) is 80.4 Å². The lowest BCUT2D eigenvalue weighted by Crippen LogP contribution is -2.17. The van der Waals surface area contributed by atoms with E-state index < -0.39 is 17.2 Å². The Balaban J connectivity index is 1.46. The summed E-state index contributed by atoms with van der Waals surface area (Å²) in [6.45, 7) is 4.41. The van der Waals surface area contributed by atoms with Crippen LogP contribution in [0.3, 0.4) is 0 Å². The van der Waals surface area contributed by atoms with Gasteiger partial charge in [-0.05, 0) is 52.8 Å². The molecule has 0 aliphatic heterocycles. The van der Waals surface area contributed by atoms with Crippen LogP contribution in [0.4, 0.5) is 0 Å². The second-order valence-corrected chi connectivity index (χ2v) is 10.2. The molecule has 4 rings (SSSR count). The van der Waals surface area contributed by atoms with Gasteiger partial charge in [-0.2, -0.15) is 0 Å². The number of aromatic amines is 1. The fourth-order valence-electron chi connectivity index (χ4n) is 4.69. The number of carbonyl (C=O) groups excluding carboxylic acids is 1. The number of hydrogen-bond acceptors (Lipinski definition) is 9. The van der Waals surface area contributed by atoms with E-state index in [-0.39, 0.29) is 13.0 Å². The fourth-order valence-corrected chi connectivity index (χ4v) is 4.94. The van der Waals surface area contributed by atoms with E-state index in [1.807, 2.05) is 41.0 Å². The molecular weight excluding hydrogens is 562 g/mol. The van der Waals surface area contributed by atoms with Gasteiger partial charge in [-0.25, -0.2) is 10.1 Å². The molecule has 222 valence electrons. The van der Waals surface area contributed by atoms with Crippen LogP contribution >= 0.6 is 11.6 Å². The zero-order chi connectivity index (χ0) is 29.9. The van der Waals surface area contributed by atoms with Crippen LogP contribution in [-0.4, -0.2) is 47.3 Å². The highest BCUT2D eigenvalue weighted by Crippen LogP contribution is 2.30. The molecule has 0 aliphatic rings. The second-order valence-electron chi connectivity index (χ2n) is 9.86. The lowest BCUT2D eigenvalue weighted by molar-refractivity contribution is -0.768. The predicted molar refractivity (Wildman–Crippen MR) is 156 cm³/mol. The number of halogens is 1. The molecule has 0 saturated heterocycles. The average Bonchev–Trinajstić information content (AvgIpc) is 3.63. The number of unbranched alkanes of at least 4 members (excludes halogenated alkanes) is 1. The minimum atomic E-state index is -0.797. The number of carbonyl (C=O) groups is 1. The molecule has 42 heavy (non-hydrogen) atoms. The molecule has 13 heteroatoms. The topological polar surface area (TPSA) is 151 Å². The van der Waals surface area contributed by atoms with Crippen LogP contribution in [0.1, 0.15) is 69.5 Å². The van der Waals surface area contributed by atoms with Crippen molar-refractivity contribution >= 4 is 17.6 Å². The molecule has 0 bridgehead atoms. The summed E-state index contributed by atoms with van der Waals surface area (Å²) in [6, 6.07) is 16.1. The third-order valence-corrected chi connectivity index (χ3v) is 7.26. The van der Waals surface area contributed by atoms with Gasteiger partial charge < -0.3 is 14.1 Å². The van der Waals surface area contributed by atoms with Gasteiger partial charge in [0.25, 0.3) is 5.09 Å². The van der Waals surface area contributed by atoms with E-state index in [0.29, 0.717) is 42.5 Å². The number of rotatable bonds is 16. The maximum absolute atomic E-state index is 12.5. The number of benzene rings is 2. The van der Waals surface area contributed by atoms with Crippen LogP contribution in [0.15, 0.2) is 48.5 Å². The summed E-state index contributed by atoms with van der Waals surface area (Å²) < 4.78 is 7.57. The molecule has 2 aromatic heterocycles. The van der Waals surface area contributed by atoms with Crippen molar-refractivity contribution < 1.29 is 19.5 Å². The summed E-state index contributed by atoms with van der Waals surface area (Å²) in [7, 11) is 0. The molecule has 0 radical (unpaired) electrons. The molecule has 4 aromatic rings. The normalized spacial score (nSPS) is 11.8. The average molecular weight is 596 g/mol. The number of esters is 1. The van der Waals surface area contributed by atoms with Gasteiger partial charge in [0.05, 0.1) is 5.69 Å². The Labute approximate surface area is 248 Å². The molecule has 0 fully saturated rings. The first-order chi connectivity index (χ1) is 20.4. The van der Waals surface area contributed by atoms with Gasteiger partial charge in [-0.15, -0.1) is 15.2 Å². The molecule has 0 amide bonds. The number of aryl methyl sites for hydroxylation is 1. The quantitative estimate of drug-likeness (QED) is 0.0937. The lowest BCUT2D eigenvalue weighted by Gasteiger charge is -2.14. The van der Waals surface area contributed by atoms with Crippen molar-refractivity contribution in [1.29, 1.82) is 0 Å². The molecule has 0 aliphatic carbocycles. The third-order valence-electron chi connectivity index (χ3n) is 6.96. The number of tetrazole rings is 1. The summed E-state index contributed by atoms with van der Waals surface area (Å²) in [6.07, 6.45) is 3.58. The van der Waals surface area contributed by atoms with Crippen molar-refractivity contribution in [2.24, 2.45) is 0 Å². The number of nitrogens with one attached hydrogen (secondary N) is 1. The van der Waals surface area contributed by atoms with Gasteiger partial charge in [0.15, 0.2) is 11.0 Å².